The third kappa shape index (κ3) is 4.18. The van der Waals surface area contributed by atoms with E-state index in [-0.39, 0.29) is 17.1 Å². The van der Waals surface area contributed by atoms with E-state index in [1.807, 2.05) is 13.8 Å². The summed E-state index contributed by atoms with van der Waals surface area (Å²) in [5.74, 6) is 0.337. The molecule has 0 heterocycles. The van der Waals surface area contributed by atoms with Gasteiger partial charge in [0.15, 0.2) is 4.90 Å². The van der Waals surface area contributed by atoms with Crippen LogP contribution < -0.4 is 10.5 Å². The van der Waals surface area contributed by atoms with Gasteiger partial charge in [-0.2, -0.15) is 0 Å². The summed E-state index contributed by atoms with van der Waals surface area (Å²) < 4.78 is 26.3. The van der Waals surface area contributed by atoms with Gasteiger partial charge in [0.25, 0.3) is 5.69 Å². The molecule has 19 heavy (non-hydrogen) atoms. The quantitative estimate of drug-likeness (QED) is 0.467. The Kier molecular flexibility index (Phi) is 4.84. The summed E-state index contributed by atoms with van der Waals surface area (Å²) in [6, 6.07) is 3.51. The first-order valence-corrected chi connectivity index (χ1v) is 7.26. The molecule has 1 aromatic carbocycles. The monoisotopic (exact) mass is 287 g/mol. The van der Waals surface area contributed by atoms with Gasteiger partial charge < -0.3 is 5.73 Å². The van der Waals surface area contributed by atoms with Crippen LogP contribution in [0.3, 0.4) is 0 Å². The molecule has 0 amide bonds. The molecule has 0 fully saturated rings. The lowest BCUT2D eigenvalue weighted by Crippen LogP contribution is -2.26. The van der Waals surface area contributed by atoms with Crippen LogP contribution in [0.2, 0.25) is 0 Å². The van der Waals surface area contributed by atoms with E-state index in [1.165, 1.54) is 6.07 Å². The minimum atomic E-state index is -3.90. The Labute approximate surface area is 112 Å². The minimum absolute atomic E-state index is 0.146. The average Bonchev–Trinajstić information content (AvgIpc) is 2.27. The Morgan fingerprint density at radius 2 is 2.05 bits per heavy atom. The van der Waals surface area contributed by atoms with E-state index in [2.05, 4.69) is 4.72 Å². The van der Waals surface area contributed by atoms with Gasteiger partial charge in [0.05, 0.1) is 4.92 Å². The molecule has 0 aliphatic rings. The van der Waals surface area contributed by atoms with Crippen molar-refractivity contribution in [2.24, 2.45) is 5.92 Å². The van der Waals surface area contributed by atoms with Crippen LogP contribution in [0.15, 0.2) is 23.1 Å². The molecule has 0 saturated heterocycles. The molecule has 0 aromatic heterocycles. The molecule has 1 rings (SSSR count). The van der Waals surface area contributed by atoms with E-state index in [1.54, 1.807) is 0 Å². The number of nitrogen functional groups attached to an aromatic ring is 1. The molecule has 7 nitrogen and oxygen atoms in total. The van der Waals surface area contributed by atoms with Crippen molar-refractivity contribution >= 4 is 21.4 Å². The summed E-state index contributed by atoms with van der Waals surface area (Å²) in [6.45, 7) is 4.15. The summed E-state index contributed by atoms with van der Waals surface area (Å²) in [6.07, 6.45) is 0.655. The SMILES string of the molecule is CC(C)CCNS(=O)(=O)c1ccc(N)cc1[N+](=O)[O-]. The normalized spacial score (nSPS) is 11.7. The highest BCUT2D eigenvalue weighted by Crippen LogP contribution is 2.25. The molecule has 0 aliphatic heterocycles. The fourth-order valence-corrected chi connectivity index (χ4v) is 2.66. The van der Waals surface area contributed by atoms with Crippen molar-refractivity contribution in [1.29, 1.82) is 0 Å². The summed E-state index contributed by atoms with van der Waals surface area (Å²) in [5, 5.41) is 10.9. The topological polar surface area (TPSA) is 115 Å². The fraction of sp³-hybridized carbons (Fsp3) is 0.455. The minimum Gasteiger partial charge on any atom is -0.399 e. The third-order valence-electron chi connectivity index (χ3n) is 2.48. The van der Waals surface area contributed by atoms with Gasteiger partial charge in [0.2, 0.25) is 10.0 Å². The first kappa shape index (κ1) is 15.4. The maximum absolute atomic E-state index is 12.0. The number of sulfonamides is 1. The molecule has 0 atom stereocenters. The van der Waals surface area contributed by atoms with Crippen molar-refractivity contribution in [2.45, 2.75) is 25.2 Å². The second kappa shape index (κ2) is 5.98. The molecular weight excluding hydrogens is 270 g/mol. The zero-order valence-corrected chi connectivity index (χ0v) is 11.6. The summed E-state index contributed by atoms with van der Waals surface area (Å²) >= 11 is 0. The summed E-state index contributed by atoms with van der Waals surface area (Å²) in [7, 11) is -3.90. The van der Waals surface area contributed by atoms with Crippen LogP contribution >= 0.6 is 0 Å². The fourth-order valence-electron chi connectivity index (χ4n) is 1.46. The predicted octanol–water partition coefficient (Wildman–Crippen LogP) is 1.50. The second-order valence-electron chi connectivity index (χ2n) is 4.56. The van der Waals surface area contributed by atoms with Crippen molar-refractivity contribution < 1.29 is 13.3 Å². The van der Waals surface area contributed by atoms with Crippen molar-refractivity contribution in [3.63, 3.8) is 0 Å². The molecule has 0 spiro atoms. The van der Waals surface area contributed by atoms with Gasteiger partial charge in [-0.05, 0) is 24.5 Å². The summed E-state index contributed by atoms with van der Waals surface area (Å²) in [5.41, 5.74) is 5.06. The molecule has 106 valence electrons. The Morgan fingerprint density at radius 1 is 1.42 bits per heavy atom. The van der Waals surface area contributed by atoms with Gasteiger partial charge >= 0.3 is 0 Å². The van der Waals surface area contributed by atoms with E-state index < -0.39 is 20.6 Å². The highest BCUT2D eigenvalue weighted by atomic mass is 32.2. The highest BCUT2D eigenvalue weighted by molar-refractivity contribution is 7.89. The number of nitrogens with one attached hydrogen (secondary N) is 1. The molecule has 3 N–H and O–H groups in total. The maximum Gasteiger partial charge on any atom is 0.291 e. The van der Waals surface area contributed by atoms with Crippen LogP contribution in [0.25, 0.3) is 0 Å². The van der Waals surface area contributed by atoms with Crippen LogP contribution in [0, 0.1) is 16.0 Å². The van der Waals surface area contributed by atoms with E-state index in [0.717, 1.165) is 12.1 Å². The zero-order chi connectivity index (χ0) is 14.6. The number of hydrogen-bond donors (Lipinski definition) is 2. The van der Waals surface area contributed by atoms with Gasteiger partial charge in [-0.3, -0.25) is 10.1 Å². The van der Waals surface area contributed by atoms with Crippen molar-refractivity contribution in [3.8, 4) is 0 Å². The van der Waals surface area contributed by atoms with E-state index in [0.29, 0.717) is 12.3 Å². The molecule has 0 bridgehead atoms. The highest BCUT2D eigenvalue weighted by Gasteiger charge is 2.25. The van der Waals surface area contributed by atoms with Crippen LogP contribution in [0.5, 0.6) is 0 Å². The van der Waals surface area contributed by atoms with E-state index in [4.69, 9.17) is 5.73 Å². The molecule has 0 aliphatic carbocycles. The number of nitro benzene ring substituents is 1. The Bertz CT molecular complexity index is 569. The largest absolute Gasteiger partial charge is 0.399 e. The zero-order valence-electron chi connectivity index (χ0n) is 10.8. The number of nitrogens with two attached hydrogens (primary N) is 1. The second-order valence-corrected chi connectivity index (χ2v) is 6.30. The molecule has 0 radical (unpaired) electrons. The molecule has 0 unspecified atom stereocenters. The standard InChI is InChI=1S/C11H17N3O4S/c1-8(2)5-6-13-19(17,18)11-4-3-9(12)7-10(11)14(15)16/h3-4,7-8,13H,5-6,12H2,1-2H3. The van der Waals surface area contributed by atoms with E-state index in [9.17, 15) is 18.5 Å². The average molecular weight is 287 g/mol. The van der Waals surface area contributed by atoms with Crippen LogP contribution in [0.4, 0.5) is 11.4 Å². The lowest BCUT2D eigenvalue weighted by atomic mass is 10.1. The first-order chi connectivity index (χ1) is 8.74. The third-order valence-corrected chi connectivity index (χ3v) is 3.99. The smallest absolute Gasteiger partial charge is 0.291 e. The van der Waals surface area contributed by atoms with Gasteiger partial charge in [-0.15, -0.1) is 0 Å². The summed E-state index contributed by atoms with van der Waals surface area (Å²) in [4.78, 5) is 9.74. The molecular formula is C11H17N3O4S. The Balaban J connectivity index is 3.04. The van der Waals surface area contributed by atoms with Crippen molar-refractivity contribution in [2.75, 3.05) is 12.3 Å². The van der Waals surface area contributed by atoms with Gasteiger partial charge in [0, 0.05) is 18.3 Å². The van der Waals surface area contributed by atoms with Gasteiger partial charge in [-0.1, -0.05) is 13.8 Å². The predicted molar refractivity (Wildman–Crippen MR) is 72.2 cm³/mol. The number of benzene rings is 1. The van der Waals surface area contributed by atoms with Crippen molar-refractivity contribution in [3.05, 3.63) is 28.3 Å². The van der Waals surface area contributed by atoms with Gasteiger partial charge in [0.1, 0.15) is 0 Å². The van der Waals surface area contributed by atoms with Crippen molar-refractivity contribution in [1.82, 2.24) is 4.72 Å². The van der Waals surface area contributed by atoms with Crippen LogP contribution in [-0.4, -0.2) is 19.9 Å². The Morgan fingerprint density at radius 3 is 2.58 bits per heavy atom. The first-order valence-electron chi connectivity index (χ1n) is 5.77. The van der Waals surface area contributed by atoms with Gasteiger partial charge in [-0.25, -0.2) is 13.1 Å². The molecule has 1 aromatic rings. The number of nitro groups is 1. The van der Waals surface area contributed by atoms with Crippen LogP contribution in [0.1, 0.15) is 20.3 Å². The number of anilines is 1. The maximum atomic E-state index is 12.0. The number of hydrogen-bond acceptors (Lipinski definition) is 5. The van der Waals surface area contributed by atoms with Crippen LogP contribution in [-0.2, 0) is 10.0 Å². The molecule has 8 heteroatoms. The lowest BCUT2D eigenvalue weighted by molar-refractivity contribution is -0.387. The molecule has 0 saturated carbocycles. The van der Waals surface area contributed by atoms with E-state index >= 15 is 0 Å². The number of nitrogens with zero attached hydrogens (tertiary/aromatic N) is 1. The Hall–Kier alpha value is -1.67. The lowest BCUT2D eigenvalue weighted by Gasteiger charge is -2.09. The number of rotatable bonds is 6.